The predicted molar refractivity (Wildman–Crippen MR) is 62.3 cm³/mol. The molecule has 0 aliphatic rings. The van der Waals surface area contributed by atoms with Crippen LogP contribution in [0.1, 0.15) is 16.9 Å². The molecule has 1 heterocycles. The fraction of sp³-hybridized carbons (Fsp3) is 0.154. The molecule has 80 valence electrons. The zero-order chi connectivity index (χ0) is 11.5. The Morgan fingerprint density at radius 3 is 2.88 bits per heavy atom. The van der Waals surface area contributed by atoms with Crippen LogP contribution in [0.15, 0.2) is 30.3 Å². The maximum Gasteiger partial charge on any atom is 0.352 e. The molecular formula is C13H11NO2. The second-order valence-electron chi connectivity index (χ2n) is 3.50. The summed E-state index contributed by atoms with van der Waals surface area (Å²) in [6.45, 7) is 0.533. The number of hydrogen-bond acceptors (Lipinski definition) is 1. The first-order valence-corrected chi connectivity index (χ1v) is 4.99. The number of carboxylic acids is 1. The number of benzene rings is 1. The first-order valence-electron chi connectivity index (χ1n) is 4.99. The van der Waals surface area contributed by atoms with Crippen molar-refractivity contribution in [3.63, 3.8) is 0 Å². The lowest BCUT2D eigenvalue weighted by atomic mass is 10.2. The molecule has 3 heteroatoms. The summed E-state index contributed by atoms with van der Waals surface area (Å²) in [5, 5.41) is 10.0. The van der Waals surface area contributed by atoms with Crippen LogP contribution in [0.25, 0.3) is 10.9 Å². The van der Waals surface area contributed by atoms with Crippen molar-refractivity contribution in [3.05, 3.63) is 36.0 Å². The van der Waals surface area contributed by atoms with Crippen LogP contribution >= 0.6 is 0 Å². The van der Waals surface area contributed by atoms with Crippen LogP contribution in [0.2, 0.25) is 0 Å². The highest BCUT2D eigenvalue weighted by Crippen LogP contribution is 2.20. The molecule has 1 N–H and O–H groups in total. The number of hydrogen-bond donors (Lipinski definition) is 1. The van der Waals surface area contributed by atoms with Crippen LogP contribution in [0.5, 0.6) is 0 Å². The van der Waals surface area contributed by atoms with E-state index in [9.17, 15) is 4.79 Å². The Morgan fingerprint density at radius 1 is 1.44 bits per heavy atom. The van der Waals surface area contributed by atoms with Crippen LogP contribution in [-0.2, 0) is 6.54 Å². The van der Waals surface area contributed by atoms with Crippen LogP contribution in [0, 0.1) is 12.3 Å². The summed E-state index contributed by atoms with van der Waals surface area (Å²) < 4.78 is 1.75. The normalized spacial score (nSPS) is 10.2. The van der Waals surface area contributed by atoms with Crippen molar-refractivity contribution in [3.8, 4) is 12.3 Å². The van der Waals surface area contributed by atoms with Gasteiger partial charge in [-0.3, -0.25) is 0 Å². The summed E-state index contributed by atoms with van der Waals surface area (Å²) in [7, 11) is 0. The van der Waals surface area contributed by atoms with E-state index >= 15 is 0 Å². The van der Waals surface area contributed by atoms with Gasteiger partial charge in [-0.1, -0.05) is 18.2 Å². The largest absolute Gasteiger partial charge is 0.477 e. The lowest BCUT2D eigenvalue weighted by Gasteiger charge is -2.05. The molecule has 1 aromatic carbocycles. The third-order valence-corrected chi connectivity index (χ3v) is 2.51. The zero-order valence-electron chi connectivity index (χ0n) is 8.68. The van der Waals surface area contributed by atoms with E-state index < -0.39 is 5.97 Å². The maximum atomic E-state index is 11.1. The number of carbonyl (C=O) groups is 1. The Labute approximate surface area is 93.3 Å². The minimum Gasteiger partial charge on any atom is -0.477 e. The minimum absolute atomic E-state index is 0.288. The lowest BCUT2D eigenvalue weighted by molar-refractivity contribution is 0.0685. The summed E-state index contributed by atoms with van der Waals surface area (Å²) in [6.07, 6.45) is 5.73. The molecule has 0 aliphatic heterocycles. The van der Waals surface area contributed by atoms with Gasteiger partial charge in [0.05, 0.1) is 0 Å². The smallest absolute Gasteiger partial charge is 0.352 e. The monoisotopic (exact) mass is 213 g/mol. The van der Waals surface area contributed by atoms with Gasteiger partial charge in [0.2, 0.25) is 0 Å². The second-order valence-corrected chi connectivity index (χ2v) is 3.50. The molecule has 1 aromatic heterocycles. The van der Waals surface area contributed by atoms with Gasteiger partial charge in [0, 0.05) is 23.9 Å². The SMILES string of the molecule is C#CCCn1c(C(=O)O)cc2ccccc21. The van der Waals surface area contributed by atoms with Gasteiger partial charge in [-0.25, -0.2) is 4.79 Å². The summed E-state index contributed by atoms with van der Waals surface area (Å²) >= 11 is 0. The first kappa shape index (κ1) is 10.3. The van der Waals surface area contributed by atoms with Crippen LogP contribution in [-0.4, -0.2) is 15.6 Å². The van der Waals surface area contributed by atoms with Gasteiger partial charge >= 0.3 is 5.97 Å². The molecule has 0 unspecified atom stereocenters. The molecule has 0 spiro atoms. The highest BCUT2D eigenvalue weighted by molar-refractivity contribution is 5.94. The summed E-state index contributed by atoms with van der Waals surface area (Å²) in [4.78, 5) is 11.1. The number of rotatable bonds is 3. The second kappa shape index (κ2) is 4.11. The predicted octanol–water partition coefficient (Wildman–Crippen LogP) is 2.36. The average Bonchev–Trinajstić information content (AvgIpc) is 2.65. The van der Waals surface area contributed by atoms with Gasteiger partial charge < -0.3 is 9.67 Å². The van der Waals surface area contributed by atoms with E-state index in [1.807, 2.05) is 24.3 Å². The van der Waals surface area contributed by atoms with Crippen LogP contribution in [0.4, 0.5) is 0 Å². The highest BCUT2D eigenvalue weighted by atomic mass is 16.4. The average molecular weight is 213 g/mol. The Bertz CT molecular complexity index is 575. The summed E-state index contributed by atoms with van der Waals surface area (Å²) in [5.74, 6) is 1.60. The van der Waals surface area contributed by atoms with Crippen LogP contribution < -0.4 is 0 Å². The molecule has 2 rings (SSSR count). The first-order chi connectivity index (χ1) is 7.74. The van der Waals surface area contributed by atoms with E-state index in [0.717, 1.165) is 10.9 Å². The molecule has 3 nitrogen and oxygen atoms in total. The van der Waals surface area contributed by atoms with Crippen molar-refractivity contribution in [1.82, 2.24) is 4.57 Å². The molecule has 0 fully saturated rings. The molecule has 0 aliphatic carbocycles. The quantitative estimate of drug-likeness (QED) is 0.795. The minimum atomic E-state index is -0.923. The molecule has 0 saturated heterocycles. The van der Waals surface area contributed by atoms with E-state index in [1.165, 1.54) is 0 Å². The Balaban J connectivity index is 2.60. The zero-order valence-corrected chi connectivity index (χ0v) is 8.68. The number of carboxylic acid groups (broad SMARTS) is 1. The fourth-order valence-corrected chi connectivity index (χ4v) is 1.80. The molecular weight excluding hydrogens is 202 g/mol. The number of terminal acetylenes is 1. The Hall–Kier alpha value is -2.21. The standard InChI is InChI=1S/C13H11NO2/c1-2-3-8-14-11-7-5-4-6-10(11)9-12(14)13(15)16/h1,4-7,9H,3,8H2,(H,15,16). The summed E-state index contributed by atoms with van der Waals surface area (Å²) in [6, 6.07) is 9.25. The van der Waals surface area contributed by atoms with Gasteiger partial charge in [-0.2, -0.15) is 0 Å². The fourth-order valence-electron chi connectivity index (χ4n) is 1.80. The summed E-state index contributed by atoms with van der Waals surface area (Å²) in [5.41, 5.74) is 1.20. The molecule has 0 saturated carbocycles. The van der Waals surface area contributed by atoms with Crippen molar-refractivity contribution < 1.29 is 9.90 Å². The number of para-hydroxylation sites is 1. The van der Waals surface area contributed by atoms with E-state index in [-0.39, 0.29) is 5.69 Å². The number of aryl methyl sites for hydroxylation is 1. The number of fused-ring (bicyclic) bond motifs is 1. The number of aromatic nitrogens is 1. The van der Waals surface area contributed by atoms with Gasteiger partial charge in [-0.05, 0) is 12.1 Å². The Morgan fingerprint density at radius 2 is 2.19 bits per heavy atom. The van der Waals surface area contributed by atoms with Crippen molar-refractivity contribution in [2.24, 2.45) is 0 Å². The molecule has 16 heavy (non-hydrogen) atoms. The Kier molecular flexibility index (Phi) is 2.65. The van der Waals surface area contributed by atoms with Crippen molar-refractivity contribution >= 4 is 16.9 Å². The van der Waals surface area contributed by atoms with E-state index in [0.29, 0.717) is 13.0 Å². The van der Waals surface area contributed by atoms with Crippen molar-refractivity contribution in [2.45, 2.75) is 13.0 Å². The van der Waals surface area contributed by atoms with Gasteiger partial charge in [0.15, 0.2) is 0 Å². The van der Waals surface area contributed by atoms with Crippen molar-refractivity contribution in [2.75, 3.05) is 0 Å². The van der Waals surface area contributed by atoms with E-state index in [2.05, 4.69) is 5.92 Å². The number of aromatic carboxylic acids is 1. The van der Waals surface area contributed by atoms with E-state index in [1.54, 1.807) is 10.6 Å². The van der Waals surface area contributed by atoms with E-state index in [4.69, 9.17) is 11.5 Å². The third kappa shape index (κ3) is 1.66. The number of nitrogens with zero attached hydrogens (tertiary/aromatic N) is 1. The van der Waals surface area contributed by atoms with Gasteiger partial charge in [0.1, 0.15) is 5.69 Å². The molecule has 0 atom stereocenters. The lowest BCUT2D eigenvalue weighted by Crippen LogP contribution is -2.08. The highest BCUT2D eigenvalue weighted by Gasteiger charge is 2.13. The van der Waals surface area contributed by atoms with Gasteiger partial charge in [0.25, 0.3) is 0 Å². The maximum absolute atomic E-state index is 11.1. The molecule has 0 radical (unpaired) electrons. The molecule has 0 amide bonds. The third-order valence-electron chi connectivity index (χ3n) is 2.51. The van der Waals surface area contributed by atoms with Gasteiger partial charge in [-0.15, -0.1) is 12.3 Å². The molecule has 0 bridgehead atoms. The van der Waals surface area contributed by atoms with Crippen molar-refractivity contribution in [1.29, 1.82) is 0 Å². The van der Waals surface area contributed by atoms with Crippen LogP contribution in [0.3, 0.4) is 0 Å². The topological polar surface area (TPSA) is 42.2 Å². The molecule has 2 aromatic rings.